The maximum absolute atomic E-state index is 6.42. The molecule has 0 bridgehead atoms. The SMILES string of the molecule is c1ccc(C2(c3ccccc3)c3ccccc3-c3c(N(c4ccc(-c5ccc(-c6cccc7c6oc6ccccc67)cc5)cc4)c4ccc(-c5cccc6c5sc5ccccc56)cc4)cccc32)cc1. The first-order valence-corrected chi connectivity index (χ1v) is 24.8. The summed E-state index contributed by atoms with van der Waals surface area (Å²) in [6.45, 7) is 0. The van der Waals surface area contributed by atoms with Gasteiger partial charge in [-0.1, -0.05) is 218 Å². The number of thiophene rings is 1. The van der Waals surface area contributed by atoms with Crippen molar-refractivity contribution in [2.45, 2.75) is 5.41 Å². The molecule has 11 aromatic carbocycles. The molecule has 2 nitrogen and oxygen atoms in total. The van der Waals surface area contributed by atoms with Crippen LogP contribution in [0, 0.1) is 0 Å². The Morgan fingerprint density at radius 1 is 0.343 bits per heavy atom. The van der Waals surface area contributed by atoms with Crippen LogP contribution >= 0.6 is 11.3 Å². The number of rotatable bonds is 8. The number of furan rings is 1. The fourth-order valence-electron chi connectivity index (χ4n) is 11.5. The first-order valence-electron chi connectivity index (χ1n) is 24.0. The number of nitrogens with zero attached hydrogens (tertiary/aromatic N) is 1. The van der Waals surface area contributed by atoms with E-state index in [0.29, 0.717) is 0 Å². The molecule has 0 saturated heterocycles. The van der Waals surface area contributed by atoms with E-state index in [1.165, 1.54) is 64.7 Å². The molecule has 2 aromatic heterocycles. The van der Waals surface area contributed by atoms with Crippen LogP contribution in [0.5, 0.6) is 0 Å². The first-order chi connectivity index (χ1) is 34.7. The number of benzene rings is 11. The van der Waals surface area contributed by atoms with Crippen molar-refractivity contribution in [3.8, 4) is 44.5 Å². The summed E-state index contributed by atoms with van der Waals surface area (Å²) in [7, 11) is 0. The van der Waals surface area contributed by atoms with Crippen LogP contribution in [0.4, 0.5) is 17.1 Å². The quantitative estimate of drug-likeness (QED) is 0.151. The van der Waals surface area contributed by atoms with Gasteiger partial charge in [0.2, 0.25) is 0 Å². The minimum absolute atomic E-state index is 0.519. The average molecular weight is 910 g/mol. The van der Waals surface area contributed by atoms with Gasteiger partial charge in [-0.05, 0) is 98.1 Å². The third kappa shape index (κ3) is 6.19. The summed E-state index contributed by atoms with van der Waals surface area (Å²) in [5.41, 5.74) is 19.2. The maximum Gasteiger partial charge on any atom is 0.143 e. The molecule has 0 saturated carbocycles. The van der Waals surface area contributed by atoms with Crippen LogP contribution in [-0.4, -0.2) is 0 Å². The van der Waals surface area contributed by atoms with E-state index in [1.54, 1.807) is 0 Å². The van der Waals surface area contributed by atoms with Crippen LogP contribution in [-0.2, 0) is 5.41 Å². The third-order valence-corrected chi connectivity index (χ3v) is 15.8. The van der Waals surface area contributed by atoms with Crippen molar-refractivity contribution >= 4 is 70.5 Å². The van der Waals surface area contributed by atoms with E-state index in [4.69, 9.17) is 4.42 Å². The van der Waals surface area contributed by atoms with E-state index < -0.39 is 5.41 Å². The lowest BCUT2D eigenvalue weighted by molar-refractivity contribution is 0.670. The molecule has 1 aliphatic carbocycles. The van der Waals surface area contributed by atoms with E-state index in [0.717, 1.165) is 61.3 Å². The van der Waals surface area contributed by atoms with Crippen LogP contribution in [0.25, 0.3) is 86.6 Å². The molecular weight excluding hydrogens is 867 g/mol. The smallest absolute Gasteiger partial charge is 0.143 e. The molecule has 13 aromatic rings. The lowest BCUT2D eigenvalue weighted by atomic mass is 9.68. The highest BCUT2D eigenvalue weighted by atomic mass is 32.1. The summed E-state index contributed by atoms with van der Waals surface area (Å²) in [5.74, 6) is 0. The highest BCUT2D eigenvalue weighted by molar-refractivity contribution is 7.26. The Hall–Kier alpha value is -8.76. The van der Waals surface area contributed by atoms with Crippen LogP contribution in [0.15, 0.2) is 265 Å². The van der Waals surface area contributed by atoms with Gasteiger partial charge in [0.05, 0.1) is 11.1 Å². The summed E-state index contributed by atoms with van der Waals surface area (Å²) < 4.78 is 9.05. The molecule has 2 heterocycles. The van der Waals surface area contributed by atoms with E-state index in [9.17, 15) is 0 Å². The summed E-state index contributed by atoms with van der Waals surface area (Å²) in [5, 5.41) is 4.90. The molecule has 14 rings (SSSR count). The molecule has 328 valence electrons. The van der Waals surface area contributed by atoms with Crippen molar-refractivity contribution in [3.05, 3.63) is 283 Å². The van der Waals surface area contributed by atoms with E-state index in [1.807, 2.05) is 23.5 Å². The van der Waals surface area contributed by atoms with Crippen molar-refractivity contribution in [1.29, 1.82) is 0 Å². The van der Waals surface area contributed by atoms with E-state index in [2.05, 4.69) is 254 Å². The van der Waals surface area contributed by atoms with E-state index >= 15 is 0 Å². The summed E-state index contributed by atoms with van der Waals surface area (Å²) in [6, 6.07) is 95.5. The highest BCUT2D eigenvalue weighted by Gasteiger charge is 2.47. The molecule has 0 atom stereocenters. The highest BCUT2D eigenvalue weighted by Crippen LogP contribution is 2.59. The van der Waals surface area contributed by atoms with Gasteiger partial charge in [-0.25, -0.2) is 0 Å². The number of anilines is 3. The Bertz CT molecular complexity index is 4050. The van der Waals surface area contributed by atoms with E-state index in [-0.39, 0.29) is 0 Å². The predicted molar refractivity (Wildman–Crippen MR) is 295 cm³/mol. The molecule has 0 fully saturated rings. The standard InChI is InChI=1S/C67H43NOS/c1-3-16-48(17-4-1)67(49-18-5-2-6-19-49)59-27-10-7-22-58(59)64-60(67)28-15-29-61(64)68(51-42-38-47(39-43-51)53-24-14-26-57-55-21-9-12-31-63(55)70-66(53)57)50-40-36-45(37-41-50)44-32-34-46(35-33-44)52-23-13-25-56-54-20-8-11-30-62(54)69-65(52)56/h1-43H. The van der Waals surface area contributed by atoms with Gasteiger partial charge >= 0.3 is 0 Å². The van der Waals surface area contributed by atoms with Crippen molar-refractivity contribution in [2.24, 2.45) is 0 Å². The number of hydrogen-bond donors (Lipinski definition) is 0. The van der Waals surface area contributed by atoms with Crippen LogP contribution in [0.1, 0.15) is 22.3 Å². The average Bonchev–Trinajstić information content (AvgIpc) is 4.11. The fourth-order valence-corrected chi connectivity index (χ4v) is 12.7. The van der Waals surface area contributed by atoms with Gasteiger partial charge in [-0.2, -0.15) is 0 Å². The van der Waals surface area contributed by atoms with Crippen LogP contribution < -0.4 is 4.90 Å². The van der Waals surface area contributed by atoms with Gasteiger partial charge in [0, 0.05) is 53.4 Å². The third-order valence-electron chi connectivity index (χ3n) is 14.6. The summed E-state index contributed by atoms with van der Waals surface area (Å²) in [6.07, 6.45) is 0. The van der Waals surface area contributed by atoms with Crippen molar-refractivity contribution in [1.82, 2.24) is 0 Å². The summed E-state index contributed by atoms with van der Waals surface area (Å²) >= 11 is 1.88. The Kier molecular flexibility index (Phi) is 9.33. The Morgan fingerprint density at radius 2 is 0.843 bits per heavy atom. The predicted octanol–water partition coefficient (Wildman–Crippen LogP) is 18.8. The van der Waals surface area contributed by atoms with Gasteiger partial charge in [-0.3, -0.25) is 0 Å². The minimum atomic E-state index is -0.519. The second-order valence-electron chi connectivity index (χ2n) is 18.3. The van der Waals surface area contributed by atoms with Gasteiger partial charge in [0.25, 0.3) is 0 Å². The Labute approximate surface area is 410 Å². The molecule has 0 radical (unpaired) electrons. The monoisotopic (exact) mass is 909 g/mol. The van der Waals surface area contributed by atoms with Crippen molar-refractivity contribution in [3.63, 3.8) is 0 Å². The van der Waals surface area contributed by atoms with Gasteiger partial charge in [0.15, 0.2) is 0 Å². The van der Waals surface area contributed by atoms with Crippen LogP contribution in [0.3, 0.4) is 0 Å². The topological polar surface area (TPSA) is 16.4 Å². The van der Waals surface area contributed by atoms with Crippen molar-refractivity contribution < 1.29 is 4.42 Å². The molecule has 1 aliphatic rings. The molecule has 0 spiro atoms. The first kappa shape index (κ1) is 40.3. The molecular formula is C67H43NOS. The lowest BCUT2D eigenvalue weighted by Gasteiger charge is -2.34. The van der Waals surface area contributed by atoms with Crippen molar-refractivity contribution in [2.75, 3.05) is 4.90 Å². The molecule has 0 amide bonds. The number of fused-ring (bicyclic) bond motifs is 9. The zero-order valence-corrected chi connectivity index (χ0v) is 38.9. The second kappa shape index (κ2) is 16.2. The fraction of sp³-hybridized carbons (Fsp3) is 0.0149. The maximum atomic E-state index is 6.42. The van der Waals surface area contributed by atoms with Gasteiger partial charge in [0.1, 0.15) is 11.2 Å². The zero-order valence-electron chi connectivity index (χ0n) is 38.1. The summed E-state index contributed by atoms with van der Waals surface area (Å²) in [4.78, 5) is 2.46. The number of hydrogen-bond acceptors (Lipinski definition) is 3. The molecule has 0 unspecified atom stereocenters. The van der Waals surface area contributed by atoms with Gasteiger partial charge in [-0.15, -0.1) is 11.3 Å². The zero-order chi connectivity index (χ0) is 46.2. The Balaban J connectivity index is 0.912. The van der Waals surface area contributed by atoms with Crippen LogP contribution in [0.2, 0.25) is 0 Å². The lowest BCUT2D eigenvalue weighted by Crippen LogP contribution is -2.28. The minimum Gasteiger partial charge on any atom is -0.455 e. The molecule has 70 heavy (non-hydrogen) atoms. The largest absolute Gasteiger partial charge is 0.455 e. The van der Waals surface area contributed by atoms with Gasteiger partial charge < -0.3 is 9.32 Å². The Morgan fingerprint density at radius 3 is 1.57 bits per heavy atom. The molecule has 3 heteroatoms. The second-order valence-corrected chi connectivity index (χ2v) is 19.3. The molecule has 0 N–H and O–H groups in total. The molecule has 0 aliphatic heterocycles. The normalized spacial score (nSPS) is 12.7. The number of para-hydroxylation sites is 2.